The van der Waals surface area contributed by atoms with Crippen LogP contribution in [0, 0.1) is 10.1 Å². The maximum absolute atomic E-state index is 10.5. The van der Waals surface area contributed by atoms with Crippen molar-refractivity contribution in [1.29, 1.82) is 0 Å². The molecule has 0 atom stereocenters. The van der Waals surface area contributed by atoms with Crippen LogP contribution in [0.5, 0.6) is 0 Å². The number of halogens is 1. The quantitative estimate of drug-likeness (QED) is 0.617. The molecule has 16 heavy (non-hydrogen) atoms. The van der Waals surface area contributed by atoms with Crippen molar-refractivity contribution in [2.75, 3.05) is 18.5 Å². The predicted molar refractivity (Wildman–Crippen MR) is 66.8 cm³/mol. The second kappa shape index (κ2) is 5.79. The molecule has 0 aliphatic carbocycles. The van der Waals surface area contributed by atoms with E-state index in [1.165, 1.54) is 12.3 Å². The molecule has 0 aliphatic heterocycles. The van der Waals surface area contributed by atoms with E-state index in [1.807, 2.05) is 11.9 Å². The zero-order chi connectivity index (χ0) is 12.1. The van der Waals surface area contributed by atoms with Gasteiger partial charge in [0.05, 0.1) is 9.40 Å². The number of unbranched alkanes of at least 4 members (excludes halogenated alkanes) is 1. The number of rotatable bonds is 5. The van der Waals surface area contributed by atoms with Gasteiger partial charge in [0.2, 0.25) is 0 Å². The monoisotopic (exact) mass is 287 g/mol. The van der Waals surface area contributed by atoms with Gasteiger partial charge in [-0.3, -0.25) is 10.1 Å². The van der Waals surface area contributed by atoms with E-state index in [9.17, 15) is 10.1 Å². The second-order valence-corrected chi connectivity index (χ2v) is 4.39. The highest BCUT2D eigenvalue weighted by Crippen LogP contribution is 2.26. The number of hydrogen-bond acceptors (Lipinski definition) is 4. The van der Waals surface area contributed by atoms with E-state index in [0.717, 1.165) is 25.2 Å². The summed E-state index contributed by atoms with van der Waals surface area (Å²) in [6, 6.07) is 1.48. The van der Waals surface area contributed by atoms with E-state index in [0.29, 0.717) is 4.47 Å². The highest BCUT2D eigenvalue weighted by Gasteiger charge is 2.12. The minimum absolute atomic E-state index is 0.000448. The van der Waals surface area contributed by atoms with Crippen LogP contribution in [0.2, 0.25) is 0 Å². The molecule has 0 bridgehead atoms. The van der Waals surface area contributed by atoms with Gasteiger partial charge in [-0.05, 0) is 22.4 Å². The Kier molecular flexibility index (Phi) is 4.67. The molecule has 0 aromatic carbocycles. The Morgan fingerprint density at radius 1 is 1.62 bits per heavy atom. The lowest BCUT2D eigenvalue weighted by Crippen LogP contribution is -2.20. The summed E-state index contributed by atoms with van der Waals surface area (Å²) in [5.41, 5.74) is -0.000448. The fraction of sp³-hybridized carbons (Fsp3) is 0.500. The zero-order valence-electron chi connectivity index (χ0n) is 9.31. The van der Waals surface area contributed by atoms with Gasteiger partial charge in [0.15, 0.2) is 0 Å². The third kappa shape index (κ3) is 3.16. The summed E-state index contributed by atoms with van der Waals surface area (Å²) in [7, 11) is 1.93. The predicted octanol–water partition coefficient (Wildman–Crippen LogP) is 2.99. The molecule has 0 aliphatic rings. The van der Waals surface area contributed by atoms with Crippen LogP contribution >= 0.6 is 15.9 Å². The van der Waals surface area contributed by atoms with Gasteiger partial charge in [0.1, 0.15) is 12.0 Å². The molecule has 0 saturated carbocycles. The summed E-state index contributed by atoms with van der Waals surface area (Å²) in [4.78, 5) is 16.2. The smallest absolute Gasteiger partial charge is 0.288 e. The van der Waals surface area contributed by atoms with Crippen LogP contribution in [-0.2, 0) is 0 Å². The summed E-state index contributed by atoms with van der Waals surface area (Å²) >= 11 is 3.30. The molecule has 1 heterocycles. The highest BCUT2D eigenvalue weighted by atomic mass is 79.9. The van der Waals surface area contributed by atoms with Crippen molar-refractivity contribution in [3.63, 3.8) is 0 Å². The van der Waals surface area contributed by atoms with Crippen LogP contribution in [0.1, 0.15) is 19.8 Å². The molecule has 6 heteroatoms. The van der Waals surface area contributed by atoms with Crippen LogP contribution in [-0.4, -0.2) is 23.5 Å². The van der Waals surface area contributed by atoms with Crippen molar-refractivity contribution in [2.45, 2.75) is 19.8 Å². The van der Waals surface area contributed by atoms with E-state index >= 15 is 0 Å². The maximum atomic E-state index is 10.5. The molecular weight excluding hydrogens is 274 g/mol. The van der Waals surface area contributed by atoms with Gasteiger partial charge >= 0.3 is 0 Å². The Balaban J connectivity index is 2.85. The van der Waals surface area contributed by atoms with Gasteiger partial charge in [0, 0.05) is 19.7 Å². The number of hydrogen-bond donors (Lipinski definition) is 0. The lowest BCUT2D eigenvalue weighted by molar-refractivity contribution is -0.385. The van der Waals surface area contributed by atoms with Gasteiger partial charge < -0.3 is 4.90 Å². The molecular formula is C10H14BrN3O2. The number of pyridine rings is 1. The molecule has 0 unspecified atom stereocenters. The van der Waals surface area contributed by atoms with Crippen LogP contribution < -0.4 is 4.90 Å². The minimum atomic E-state index is -0.451. The Labute approximate surface area is 103 Å². The second-order valence-electron chi connectivity index (χ2n) is 3.53. The summed E-state index contributed by atoms with van der Waals surface area (Å²) < 4.78 is 0.653. The Hall–Kier alpha value is -1.17. The third-order valence-corrected chi connectivity index (χ3v) is 2.81. The summed E-state index contributed by atoms with van der Waals surface area (Å²) in [5.74, 6) is 0.735. The first-order chi connectivity index (χ1) is 7.56. The fourth-order valence-electron chi connectivity index (χ4n) is 1.30. The molecule has 88 valence electrons. The van der Waals surface area contributed by atoms with Gasteiger partial charge in [0.25, 0.3) is 5.69 Å². The molecule has 0 N–H and O–H groups in total. The van der Waals surface area contributed by atoms with Crippen LogP contribution in [0.4, 0.5) is 11.5 Å². The van der Waals surface area contributed by atoms with Crippen molar-refractivity contribution in [3.8, 4) is 0 Å². The first-order valence-corrected chi connectivity index (χ1v) is 5.86. The lowest BCUT2D eigenvalue weighted by Gasteiger charge is -2.18. The maximum Gasteiger partial charge on any atom is 0.288 e. The molecule has 0 fully saturated rings. The lowest BCUT2D eigenvalue weighted by atomic mass is 10.3. The van der Waals surface area contributed by atoms with Gasteiger partial charge in [-0.15, -0.1) is 0 Å². The van der Waals surface area contributed by atoms with E-state index in [-0.39, 0.29) is 5.69 Å². The van der Waals surface area contributed by atoms with E-state index in [2.05, 4.69) is 27.8 Å². The van der Waals surface area contributed by atoms with Crippen molar-refractivity contribution in [3.05, 3.63) is 26.9 Å². The van der Waals surface area contributed by atoms with Crippen molar-refractivity contribution < 1.29 is 4.92 Å². The zero-order valence-corrected chi connectivity index (χ0v) is 10.9. The van der Waals surface area contributed by atoms with Crippen molar-refractivity contribution in [1.82, 2.24) is 4.98 Å². The molecule has 5 nitrogen and oxygen atoms in total. The van der Waals surface area contributed by atoms with Crippen molar-refractivity contribution >= 4 is 27.4 Å². The number of nitrogens with zero attached hydrogens (tertiary/aromatic N) is 3. The first kappa shape index (κ1) is 12.9. The van der Waals surface area contributed by atoms with Crippen LogP contribution in [0.3, 0.4) is 0 Å². The van der Waals surface area contributed by atoms with Crippen molar-refractivity contribution in [2.24, 2.45) is 0 Å². The first-order valence-electron chi connectivity index (χ1n) is 5.07. The average Bonchev–Trinajstić information content (AvgIpc) is 2.25. The van der Waals surface area contributed by atoms with E-state index in [1.54, 1.807) is 0 Å². The Morgan fingerprint density at radius 2 is 2.31 bits per heavy atom. The highest BCUT2D eigenvalue weighted by molar-refractivity contribution is 9.10. The number of anilines is 1. The van der Waals surface area contributed by atoms with E-state index < -0.39 is 4.92 Å². The molecule has 1 aromatic rings. The SMILES string of the molecule is CCCCN(C)c1ncc([N+](=O)[O-])cc1Br. The molecule has 0 radical (unpaired) electrons. The minimum Gasteiger partial charge on any atom is -0.359 e. The molecule has 0 saturated heterocycles. The van der Waals surface area contributed by atoms with Crippen LogP contribution in [0.25, 0.3) is 0 Å². The number of nitro groups is 1. The Morgan fingerprint density at radius 3 is 2.81 bits per heavy atom. The summed E-state index contributed by atoms with van der Waals surface area (Å²) in [6.07, 6.45) is 3.46. The van der Waals surface area contributed by atoms with Gasteiger partial charge in [-0.2, -0.15) is 0 Å². The topological polar surface area (TPSA) is 59.3 Å². The standard InChI is InChI=1S/C10H14BrN3O2/c1-3-4-5-13(2)10-9(11)6-8(7-12-10)14(15)16/h6-7H,3-5H2,1-2H3. The van der Waals surface area contributed by atoms with Gasteiger partial charge in [-0.25, -0.2) is 4.98 Å². The Bertz CT molecular complexity index is 384. The molecule has 0 amide bonds. The van der Waals surface area contributed by atoms with E-state index in [4.69, 9.17) is 0 Å². The van der Waals surface area contributed by atoms with Crippen LogP contribution in [0.15, 0.2) is 16.7 Å². The molecule has 1 rings (SSSR count). The number of aromatic nitrogens is 1. The largest absolute Gasteiger partial charge is 0.359 e. The molecule has 0 spiro atoms. The van der Waals surface area contributed by atoms with Gasteiger partial charge in [-0.1, -0.05) is 13.3 Å². The molecule has 1 aromatic heterocycles. The fourth-order valence-corrected chi connectivity index (χ4v) is 1.94. The average molecular weight is 288 g/mol. The third-order valence-electron chi connectivity index (χ3n) is 2.23. The normalized spacial score (nSPS) is 10.2. The summed E-state index contributed by atoms with van der Waals surface area (Å²) in [6.45, 7) is 3.01. The summed E-state index contributed by atoms with van der Waals surface area (Å²) in [5, 5.41) is 10.5.